The predicted octanol–water partition coefficient (Wildman–Crippen LogP) is 1.36. The molecule has 0 aliphatic carbocycles. The van der Waals surface area contributed by atoms with Gasteiger partial charge in [-0.05, 0) is 0 Å². The van der Waals surface area contributed by atoms with Gasteiger partial charge >= 0.3 is 0 Å². The highest BCUT2D eigenvalue weighted by Gasteiger charge is 2.25. The molecule has 2 N–H and O–H groups in total. The van der Waals surface area contributed by atoms with Gasteiger partial charge in [-0.15, -0.1) is 0 Å². The molecule has 1 aliphatic heterocycles. The van der Waals surface area contributed by atoms with E-state index in [1.807, 2.05) is 0 Å². The Bertz CT molecular complexity index is 327. The fraction of sp³-hybridized carbons (Fsp3) is 0.250. The summed E-state index contributed by atoms with van der Waals surface area (Å²) in [5.74, 6) is -1.05. The predicted molar refractivity (Wildman–Crippen MR) is 38.8 cm³/mol. The Kier molecular flexibility index (Phi) is 1.51. The van der Waals surface area contributed by atoms with Crippen LogP contribution in [0.1, 0.15) is 11.6 Å². The van der Waals surface area contributed by atoms with Gasteiger partial charge in [-0.25, -0.2) is 8.78 Å². The van der Waals surface area contributed by atoms with Crippen molar-refractivity contribution in [3.8, 4) is 5.75 Å². The lowest BCUT2D eigenvalue weighted by atomic mass is 10.1. The third-order valence-electron chi connectivity index (χ3n) is 1.85. The van der Waals surface area contributed by atoms with Crippen LogP contribution in [0.15, 0.2) is 12.1 Å². The second-order valence-electron chi connectivity index (χ2n) is 2.72. The van der Waals surface area contributed by atoms with Crippen LogP contribution in [0.2, 0.25) is 0 Å². The Morgan fingerprint density at radius 3 is 2.92 bits per heavy atom. The highest BCUT2D eigenvalue weighted by Crippen LogP contribution is 2.33. The Balaban J connectivity index is 2.60. The Morgan fingerprint density at radius 1 is 1.42 bits per heavy atom. The van der Waals surface area contributed by atoms with Gasteiger partial charge in [-0.1, -0.05) is 0 Å². The van der Waals surface area contributed by atoms with E-state index >= 15 is 0 Å². The van der Waals surface area contributed by atoms with Gasteiger partial charge in [0, 0.05) is 12.1 Å². The van der Waals surface area contributed by atoms with Crippen molar-refractivity contribution in [2.75, 3.05) is 6.61 Å². The van der Waals surface area contributed by atoms with Crippen LogP contribution in [-0.4, -0.2) is 6.61 Å². The van der Waals surface area contributed by atoms with Crippen molar-refractivity contribution in [1.82, 2.24) is 0 Å². The fourth-order valence-electron chi connectivity index (χ4n) is 1.30. The minimum atomic E-state index is -0.639. The SMILES string of the molecule is N[C@H]1COc2cc(F)cc(F)c21. The molecular weight excluding hydrogens is 164 g/mol. The highest BCUT2D eigenvalue weighted by atomic mass is 19.1. The van der Waals surface area contributed by atoms with Crippen molar-refractivity contribution in [3.05, 3.63) is 29.3 Å². The van der Waals surface area contributed by atoms with Gasteiger partial charge < -0.3 is 10.5 Å². The van der Waals surface area contributed by atoms with Crippen molar-refractivity contribution in [3.63, 3.8) is 0 Å². The molecule has 64 valence electrons. The van der Waals surface area contributed by atoms with E-state index in [0.717, 1.165) is 12.1 Å². The van der Waals surface area contributed by atoms with Gasteiger partial charge in [0.25, 0.3) is 0 Å². The molecule has 0 unspecified atom stereocenters. The summed E-state index contributed by atoms with van der Waals surface area (Å²) in [6, 6.07) is 1.49. The molecule has 2 nitrogen and oxygen atoms in total. The lowest BCUT2D eigenvalue weighted by molar-refractivity contribution is 0.332. The van der Waals surface area contributed by atoms with E-state index in [-0.39, 0.29) is 17.9 Å². The summed E-state index contributed by atoms with van der Waals surface area (Å²) < 4.78 is 30.6. The van der Waals surface area contributed by atoms with Gasteiger partial charge in [0.05, 0.1) is 11.6 Å². The molecule has 0 saturated heterocycles. The number of nitrogens with two attached hydrogens (primary N) is 1. The first-order valence-corrected chi connectivity index (χ1v) is 3.56. The van der Waals surface area contributed by atoms with E-state index in [1.165, 1.54) is 0 Å². The normalized spacial score (nSPS) is 20.4. The molecule has 0 amide bonds. The average molecular weight is 171 g/mol. The summed E-state index contributed by atoms with van der Waals surface area (Å²) in [7, 11) is 0. The summed E-state index contributed by atoms with van der Waals surface area (Å²) >= 11 is 0. The standard InChI is InChI=1S/C8H7F2NO/c9-4-1-5(10)8-6(11)3-12-7(8)2-4/h1-2,6H,3,11H2/t6-/m0/s1. The smallest absolute Gasteiger partial charge is 0.134 e. The van der Waals surface area contributed by atoms with E-state index in [1.54, 1.807) is 0 Å². The maximum atomic E-state index is 13.0. The molecule has 1 heterocycles. The molecule has 1 aliphatic rings. The lowest BCUT2D eigenvalue weighted by Crippen LogP contribution is -2.12. The second-order valence-corrected chi connectivity index (χ2v) is 2.72. The molecule has 0 fully saturated rings. The summed E-state index contributed by atoms with van der Waals surface area (Å²) in [5, 5.41) is 0. The minimum absolute atomic E-state index is 0.218. The number of hydrogen-bond donors (Lipinski definition) is 1. The van der Waals surface area contributed by atoms with Crippen LogP contribution < -0.4 is 10.5 Å². The van der Waals surface area contributed by atoms with Gasteiger partial charge in [0.2, 0.25) is 0 Å². The molecule has 0 radical (unpaired) electrons. The van der Waals surface area contributed by atoms with Crippen LogP contribution in [0.5, 0.6) is 5.75 Å². The lowest BCUT2D eigenvalue weighted by Gasteiger charge is -2.01. The molecule has 1 atom stereocenters. The molecule has 0 spiro atoms. The molecular formula is C8H7F2NO. The number of ether oxygens (including phenoxy) is 1. The number of fused-ring (bicyclic) bond motifs is 1. The zero-order chi connectivity index (χ0) is 8.72. The molecule has 4 heteroatoms. The number of hydrogen-bond acceptors (Lipinski definition) is 2. The van der Waals surface area contributed by atoms with E-state index < -0.39 is 17.7 Å². The Labute approximate surface area is 67.9 Å². The highest BCUT2D eigenvalue weighted by molar-refractivity contribution is 5.40. The summed E-state index contributed by atoms with van der Waals surface area (Å²) in [6.07, 6.45) is 0. The van der Waals surface area contributed by atoms with Crippen LogP contribution in [0.4, 0.5) is 8.78 Å². The molecule has 1 aromatic carbocycles. The van der Waals surface area contributed by atoms with Gasteiger partial charge in [-0.2, -0.15) is 0 Å². The van der Waals surface area contributed by atoms with Crippen molar-refractivity contribution in [2.24, 2.45) is 5.73 Å². The van der Waals surface area contributed by atoms with E-state index in [0.29, 0.717) is 0 Å². The first kappa shape index (κ1) is 7.49. The van der Waals surface area contributed by atoms with E-state index in [4.69, 9.17) is 10.5 Å². The zero-order valence-electron chi connectivity index (χ0n) is 6.18. The minimum Gasteiger partial charge on any atom is -0.491 e. The Morgan fingerprint density at radius 2 is 2.17 bits per heavy atom. The van der Waals surface area contributed by atoms with Crippen molar-refractivity contribution in [2.45, 2.75) is 6.04 Å². The van der Waals surface area contributed by atoms with Crippen LogP contribution in [-0.2, 0) is 0 Å². The summed E-state index contributed by atoms with van der Waals surface area (Å²) in [4.78, 5) is 0. The third kappa shape index (κ3) is 0.956. The molecule has 12 heavy (non-hydrogen) atoms. The van der Waals surface area contributed by atoms with Crippen LogP contribution in [0, 0.1) is 11.6 Å². The second kappa shape index (κ2) is 2.42. The van der Waals surface area contributed by atoms with Crippen LogP contribution in [0.25, 0.3) is 0 Å². The molecule has 0 saturated carbocycles. The fourth-order valence-corrected chi connectivity index (χ4v) is 1.30. The summed E-state index contributed by atoms with van der Waals surface area (Å²) in [6.45, 7) is 0.218. The average Bonchev–Trinajstić information content (AvgIpc) is 2.31. The topological polar surface area (TPSA) is 35.2 Å². The monoisotopic (exact) mass is 171 g/mol. The van der Waals surface area contributed by atoms with Crippen molar-refractivity contribution >= 4 is 0 Å². The molecule has 0 bridgehead atoms. The summed E-state index contributed by atoms with van der Waals surface area (Å²) in [5.41, 5.74) is 5.78. The van der Waals surface area contributed by atoms with Crippen molar-refractivity contribution in [1.29, 1.82) is 0 Å². The van der Waals surface area contributed by atoms with Gasteiger partial charge in [-0.3, -0.25) is 0 Å². The largest absolute Gasteiger partial charge is 0.491 e. The first-order chi connectivity index (χ1) is 5.68. The van der Waals surface area contributed by atoms with Crippen molar-refractivity contribution < 1.29 is 13.5 Å². The third-order valence-corrected chi connectivity index (χ3v) is 1.85. The van der Waals surface area contributed by atoms with E-state index in [2.05, 4.69) is 0 Å². The van der Waals surface area contributed by atoms with Gasteiger partial charge in [0.1, 0.15) is 24.0 Å². The van der Waals surface area contributed by atoms with Crippen LogP contribution >= 0.6 is 0 Å². The number of rotatable bonds is 0. The maximum Gasteiger partial charge on any atom is 0.134 e. The van der Waals surface area contributed by atoms with Crippen LogP contribution in [0.3, 0.4) is 0 Å². The Hall–Kier alpha value is -1.16. The molecule has 2 rings (SSSR count). The van der Waals surface area contributed by atoms with Gasteiger partial charge in [0.15, 0.2) is 0 Å². The molecule has 1 aromatic rings. The molecule has 0 aromatic heterocycles. The maximum absolute atomic E-state index is 13.0. The quantitative estimate of drug-likeness (QED) is 0.639. The number of halogens is 2. The first-order valence-electron chi connectivity index (χ1n) is 3.56. The zero-order valence-corrected chi connectivity index (χ0v) is 6.18. The number of benzene rings is 1. The van der Waals surface area contributed by atoms with E-state index in [9.17, 15) is 8.78 Å².